The second kappa shape index (κ2) is 9.56. The zero-order valence-electron chi connectivity index (χ0n) is 16.8. The maximum atomic E-state index is 12.2. The lowest BCUT2D eigenvalue weighted by molar-refractivity contribution is 0.0735. The molecule has 4 rings (SSSR count). The summed E-state index contributed by atoms with van der Waals surface area (Å²) in [5.74, 6) is 1.01. The first-order valence-corrected chi connectivity index (χ1v) is 10.7. The van der Waals surface area contributed by atoms with Crippen LogP contribution in [0.4, 0.5) is 0 Å². The first-order chi connectivity index (χ1) is 14.3. The molecule has 1 aliphatic carbocycles. The molecule has 1 saturated carbocycles. The topological polar surface area (TPSA) is 26.3 Å². The number of carbonyl (C=O) groups excluding carboxylic acids is 1. The summed E-state index contributed by atoms with van der Waals surface area (Å²) in [4.78, 5) is 12.2. The van der Waals surface area contributed by atoms with Crippen LogP contribution in [0.25, 0.3) is 0 Å². The van der Waals surface area contributed by atoms with Gasteiger partial charge in [-0.25, -0.2) is 4.79 Å². The normalized spacial score (nSPS) is 14.5. The minimum absolute atomic E-state index is 0.318. The van der Waals surface area contributed by atoms with Crippen molar-refractivity contribution in [3.63, 3.8) is 0 Å². The third-order valence-electron chi connectivity index (χ3n) is 5.90. The Morgan fingerprint density at radius 3 is 1.93 bits per heavy atom. The van der Waals surface area contributed by atoms with Crippen LogP contribution in [0, 0.1) is 0 Å². The molecule has 0 heterocycles. The van der Waals surface area contributed by atoms with Gasteiger partial charge in [-0.3, -0.25) is 0 Å². The zero-order chi connectivity index (χ0) is 19.9. The fourth-order valence-corrected chi connectivity index (χ4v) is 4.14. The number of hydrogen-bond acceptors (Lipinski definition) is 2. The summed E-state index contributed by atoms with van der Waals surface area (Å²) in [5.41, 5.74) is 4.69. The van der Waals surface area contributed by atoms with Gasteiger partial charge in [-0.2, -0.15) is 0 Å². The molecule has 2 heteroatoms. The Balaban J connectivity index is 1.30. The molecule has 0 spiro atoms. The summed E-state index contributed by atoms with van der Waals surface area (Å²) in [7, 11) is 0. The Morgan fingerprint density at radius 2 is 1.31 bits per heavy atom. The molecule has 0 aliphatic heterocycles. The number of carbonyl (C=O) groups is 1. The smallest absolute Gasteiger partial charge is 0.343 e. The second-order valence-electron chi connectivity index (χ2n) is 7.98. The van der Waals surface area contributed by atoms with E-state index < -0.39 is 0 Å². The van der Waals surface area contributed by atoms with Crippen LogP contribution in [0.1, 0.15) is 65.1 Å². The molecule has 0 saturated heterocycles. The molecule has 1 fully saturated rings. The van der Waals surface area contributed by atoms with Crippen molar-refractivity contribution in [2.24, 2.45) is 0 Å². The quantitative estimate of drug-likeness (QED) is 0.347. The first-order valence-electron chi connectivity index (χ1n) is 10.7. The third kappa shape index (κ3) is 5.35. The summed E-state index contributed by atoms with van der Waals surface area (Å²) >= 11 is 0. The van der Waals surface area contributed by atoms with Crippen LogP contribution >= 0.6 is 0 Å². The monoisotopic (exact) mass is 384 g/mol. The molecule has 3 aromatic rings. The van der Waals surface area contributed by atoms with E-state index in [1.165, 1.54) is 48.8 Å². The number of aryl methyl sites for hydroxylation is 2. The highest BCUT2D eigenvalue weighted by atomic mass is 16.5. The lowest BCUT2D eigenvalue weighted by Crippen LogP contribution is -2.08. The minimum Gasteiger partial charge on any atom is -0.423 e. The molecular formula is C27H28O2. The lowest BCUT2D eigenvalue weighted by Gasteiger charge is -2.22. The predicted molar refractivity (Wildman–Crippen MR) is 118 cm³/mol. The Kier molecular flexibility index (Phi) is 6.41. The van der Waals surface area contributed by atoms with E-state index in [2.05, 4.69) is 24.3 Å². The van der Waals surface area contributed by atoms with Crippen molar-refractivity contribution in [1.29, 1.82) is 0 Å². The van der Waals surface area contributed by atoms with Gasteiger partial charge in [0.25, 0.3) is 0 Å². The molecule has 0 bridgehead atoms. The molecular weight excluding hydrogens is 356 g/mol. The standard InChI is InChI=1S/C27H28O2/c28-27(29-26-9-5-2-6-10-26)25-19-15-22(16-20-25)12-11-21-13-17-24(18-14-21)23-7-3-1-4-8-23/h2,5-6,9-10,13-20,23H,1,3-4,7-8,11-12H2. The summed E-state index contributed by atoms with van der Waals surface area (Å²) in [6.45, 7) is 0. The summed E-state index contributed by atoms with van der Waals surface area (Å²) in [5, 5.41) is 0. The van der Waals surface area contributed by atoms with E-state index in [0.29, 0.717) is 11.3 Å². The Hall–Kier alpha value is -2.87. The fraction of sp³-hybridized carbons (Fsp3) is 0.296. The molecule has 1 aliphatic rings. The van der Waals surface area contributed by atoms with Crippen molar-refractivity contribution in [1.82, 2.24) is 0 Å². The Morgan fingerprint density at radius 1 is 0.724 bits per heavy atom. The Bertz CT molecular complexity index is 905. The van der Waals surface area contributed by atoms with Gasteiger partial charge >= 0.3 is 5.97 Å². The van der Waals surface area contributed by atoms with Gasteiger partial charge in [-0.1, -0.05) is 73.9 Å². The zero-order valence-corrected chi connectivity index (χ0v) is 16.8. The van der Waals surface area contributed by atoms with Crippen molar-refractivity contribution in [3.8, 4) is 5.75 Å². The largest absolute Gasteiger partial charge is 0.423 e. The number of para-hydroxylation sites is 1. The molecule has 148 valence electrons. The van der Waals surface area contributed by atoms with Crippen LogP contribution in [0.3, 0.4) is 0 Å². The van der Waals surface area contributed by atoms with E-state index in [9.17, 15) is 4.79 Å². The van der Waals surface area contributed by atoms with E-state index in [1.54, 1.807) is 12.1 Å². The van der Waals surface area contributed by atoms with E-state index >= 15 is 0 Å². The van der Waals surface area contributed by atoms with Crippen LogP contribution in [-0.4, -0.2) is 5.97 Å². The molecule has 29 heavy (non-hydrogen) atoms. The summed E-state index contributed by atoms with van der Waals surface area (Å²) < 4.78 is 5.39. The van der Waals surface area contributed by atoms with Crippen LogP contribution < -0.4 is 4.74 Å². The van der Waals surface area contributed by atoms with Gasteiger partial charge in [0.15, 0.2) is 0 Å². The van der Waals surface area contributed by atoms with Gasteiger partial charge in [-0.15, -0.1) is 0 Å². The fourth-order valence-electron chi connectivity index (χ4n) is 4.14. The van der Waals surface area contributed by atoms with E-state index in [4.69, 9.17) is 4.74 Å². The van der Waals surface area contributed by atoms with Gasteiger partial charge < -0.3 is 4.74 Å². The van der Waals surface area contributed by atoms with E-state index in [0.717, 1.165) is 18.8 Å². The molecule has 0 radical (unpaired) electrons. The van der Waals surface area contributed by atoms with Crippen LogP contribution in [0.15, 0.2) is 78.9 Å². The van der Waals surface area contributed by atoms with Crippen LogP contribution in [0.2, 0.25) is 0 Å². The minimum atomic E-state index is -0.318. The predicted octanol–water partition coefficient (Wildman–Crippen LogP) is 6.74. The SMILES string of the molecule is O=C(Oc1ccccc1)c1ccc(CCc2ccc(C3CCCCC3)cc2)cc1. The van der Waals surface area contributed by atoms with Gasteiger partial charge in [-0.05, 0) is 72.6 Å². The van der Waals surface area contributed by atoms with Gasteiger partial charge in [0, 0.05) is 0 Å². The van der Waals surface area contributed by atoms with Crippen molar-refractivity contribution < 1.29 is 9.53 Å². The number of benzene rings is 3. The number of hydrogen-bond donors (Lipinski definition) is 0. The van der Waals surface area contributed by atoms with Crippen LogP contribution in [-0.2, 0) is 12.8 Å². The highest BCUT2D eigenvalue weighted by Crippen LogP contribution is 2.32. The molecule has 0 amide bonds. The Labute approximate surface area is 173 Å². The molecule has 0 atom stereocenters. The first kappa shape index (κ1) is 19.4. The number of ether oxygens (including phenoxy) is 1. The molecule has 3 aromatic carbocycles. The summed E-state index contributed by atoms with van der Waals surface area (Å²) in [6.07, 6.45) is 8.83. The molecule has 0 aromatic heterocycles. The van der Waals surface area contributed by atoms with E-state index in [1.807, 2.05) is 42.5 Å². The highest BCUT2D eigenvalue weighted by Gasteiger charge is 2.15. The van der Waals surface area contributed by atoms with Crippen molar-refractivity contribution in [2.45, 2.75) is 50.9 Å². The van der Waals surface area contributed by atoms with Crippen molar-refractivity contribution >= 4 is 5.97 Å². The third-order valence-corrected chi connectivity index (χ3v) is 5.90. The van der Waals surface area contributed by atoms with Crippen molar-refractivity contribution in [3.05, 3.63) is 101 Å². The van der Waals surface area contributed by atoms with Gasteiger partial charge in [0.1, 0.15) is 5.75 Å². The molecule has 2 nitrogen and oxygen atoms in total. The van der Waals surface area contributed by atoms with Gasteiger partial charge in [0.05, 0.1) is 5.56 Å². The average molecular weight is 385 g/mol. The molecule has 0 N–H and O–H groups in total. The maximum Gasteiger partial charge on any atom is 0.343 e. The average Bonchev–Trinajstić information content (AvgIpc) is 2.80. The summed E-state index contributed by atoms with van der Waals surface area (Å²) in [6, 6.07) is 26.2. The number of esters is 1. The highest BCUT2D eigenvalue weighted by molar-refractivity contribution is 5.91. The van der Waals surface area contributed by atoms with E-state index in [-0.39, 0.29) is 5.97 Å². The second-order valence-corrected chi connectivity index (χ2v) is 7.98. The van der Waals surface area contributed by atoms with Crippen LogP contribution in [0.5, 0.6) is 5.75 Å². The van der Waals surface area contributed by atoms with Gasteiger partial charge in [0.2, 0.25) is 0 Å². The van der Waals surface area contributed by atoms with Crippen molar-refractivity contribution in [2.75, 3.05) is 0 Å². The number of rotatable bonds is 6. The maximum absolute atomic E-state index is 12.2. The molecule has 0 unspecified atom stereocenters. The lowest BCUT2D eigenvalue weighted by atomic mass is 9.84.